The topological polar surface area (TPSA) is 94.3 Å². The minimum absolute atomic E-state index is 0.000975. The van der Waals surface area contributed by atoms with Gasteiger partial charge < -0.3 is 9.15 Å². The van der Waals surface area contributed by atoms with Crippen molar-refractivity contribution in [1.82, 2.24) is 14.9 Å². The Morgan fingerprint density at radius 1 is 1.33 bits per heavy atom. The van der Waals surface area contributed by atoms with Gasteiger partial charge in [0.25, 0.3) is 5.89 Å². The van der Waals surface area contributed by atoms with E-state index in [1.54, 1.807) is 19.2 Å². The van der Waals surface area contributed by atoms with E-state index < -0.39 is 10.0 Å². The van der Waals surface area contributed by atoms with Crippen LogP contribution in [0, 0.1) is 0 Å². The van der Waals surface area contributed by atoms with Crippen molar-refractivity contribution in [3.8, 4) is 17.2 Å². The Kier molecular flexibility index (Phi) is 3.64. The van der Waals surface area contributed by atoms with Crippen LogP contribution >= 0.6 is 0 Å². The number of methoxy groups -OCH3 is 1. The number of benzene rings is 1. The van der Waals surface area contributed by atoms with Gasteiger partial charge in [0.1, 0.15) is 5.75 Å². The minimum atomic E-state index is -3.26. The second-order valence-corrected chi connectivity index (χ2v) is 6.81. The highest BCUT2D eigenvalue weighted by molar-refractivity contribution is 7.90. The standard InChI is InChI=1S/C13H15N3O4S/c1-19-11-5-3-2-4-10(11)13-16-15-12(20-13)8-14-21(17,18)9-6-7-9/h2-5,9,14H,6-8H2,1H3. The van der Waals surface area contributed by atoms with Crippen LogP contribution in [0.4, 0.5) is 0 Å². The second kappa shape index (κ2) is 5.45. The number of nitrogens with one attached hydrogen (secondary N) is 1. The van der Waals surface area contributed by atoms with Crippen LogP contribution in [-0.4, -0.2) is 31.0 Å². The van der Waals surface area contributed by atoms with Crippen molar-refractivity contribution < 1.29 is 17.6 Å². The molecule has 1 aliphatic carbocycles. The maximum atomic E-state index is 11.7. The molecule has 1 N–H and O–H groups in total. The smallest absolute Gasteiger partial charge is 0.251 e. The molecule has 8 heteroatoms. The summed E-state index contributed by atoms with van der Waals surface area (Å²) in [5.74, 6) is 1.14. The molecule has 0 radical (unpaired) electrons. The minimum Gasteiger partial charge on any atom is -0.496 e. The first-order valence-electron chi connectivity index (χ1n) is 6.54. The lowest BCUT2D eigenvalue weighted by molar-refractivity contribution is 0.413. The summed E-state index contributed by atoms with van der Waals surface area (Å²) in [5, 5.41) is 7.51. The van der Waals surface area contributed by atoms with Crippen LogP contribution < -0.4 is 9.46 Å². The molecule has 3 rings (SSSR count). The first-order chi connectivity index (χ1) is 10.1. The molecule has 1 aromatic heterocycles. The summed E-state index contributed by atoms with van der Waals surface area (Å²) in [7, 11) is -1.70. The number of aromatic nitrogens is 2. The number of rotatable bonds is 6. The molecule has 0 atom stereocenters. The summed E-state index contributed by atoms with van der Waals surface area (Å²) in [6, 6.07) is 7.25. The molecule has 2 aromatic rings. The van der Waals surface area contributed by atoms with Crippen molar-refractivity contribution >= 4 is 10.0 Å². The highest BCUT2D eigenvalue weighted by Crippen LogP contribution is 2.29. The van der Waals surface area contributed by atoms with Crippen molar-refractivity contribution in [2.24, 2.45) is 0 Å². The van der Waals surface area contributed by atoms with Gasteiger partial charge in [-0.05, 0) is 25.0 Å². The molecule has 0 aliphatic heterocycles. The van der Waals surface area contributed by atoms with Gasteiger partial charge >= 0.3 is 0 Å². The van der Waals surface area contributed by atoms with Gasteiger partial charge in [-0.15, -0.1) is 10.2 Å². The van der Waals surface area contributed by atoms with Crippen molar-refractivity contribution in [1.29, 1.82) is 0 Å². The predicted octanol–water partition coefficient (Wildman–Crippen LogP) is 1.33. The SMILES string of the molecule is COc1ccccc1-c1nnc(CNS(=O)(=O)C2CC2)o1. The lowest BCUT2D eigenvalue weighted by Crippen LogP contribution is -2.26. The van der Waals surface area contributed by atoms with Crippen molar-refractivity contribution in [2.75, 3.05) is 7.11 Å². The largest absolute Gasteiger partial charge is 0.496 e. The summed E-state index contributed by atoms with van der Waals surface area (Å²) < 4.78 is 36.6. The molecule has 0 unspecified atom stereocenters. The first-order valence-corrected chi connectivity index (χ1v) is 8.09. The Balaban J connectivity index is 1.74. The van der Waals surface area contributed by atoms with Crippen LogP contribution in [0.1, 0.15) is 18.7 Å². The molecule has 1 aliphatic rings. The zero-order chi connectivity index (χ0) is 14.9. The van der Waals surface area contributed by atoms with Gasteiger partial charge in [0.2, 0.25) is 15.9 Å². The average Bonchev–Trinajstić information content (AvgIpc) is 3.25. The van der Waals surface area contributed by atoms with E-state index in [0.717, 1.165) is 0 Å². The van der Waals surface area contributed by atoms with Gasteiger partial charge in [0.15, 0.2) is 0 Å². The van der Waals surface area contributed by atoms with Crippen LogP contribution in [0.5, 0.6) is 5.75 Å². The Labute approximate surface area is 122 Å². The molecule has 0 spiro atoms. The fourth-order valence-corrected chi connectivity index (χ4v) is 3.23. The maximum Gasteiger partial charge on any atom is 0.251 e. The van der Waals surface area contributed by atoms with Crippen molar-refractivity contribution in [3.63, 3.8) is 0 Å². The normalized spacial score (nSPS) is 15.1. The average molecular weight is 309 g/mol. The van der Waals surface area contributed by atoms with Crippen molar-refractivity contribution in [2.45, 2.75) is 24.6 Å². The van der Waals surface area contributed by atoms with E-state index in [1.165, 1.54) is 0 Å². The summed E-state index contributed by atoms with van der Waals surface area (Å²) >= 11 is 0. The number of para-hydroxylation sites is 1. The Hall–Kier alpha value is -1.93. The molecule has 1 heterocycles. The number of ether oxygens (including phenoxy) is 1. The van der Waals surface area contributed by atoms with Gasteiger partial charge in [-0.2, -0.15) is 0 Å². The van der Waals surface area contributed by atoms with E-state index in [9.17, 15) is 8.42 Å². The van der Waals surface area contributed by atoms with Crippen molar-refractivity contribution in [3.05, 3.63) is 30.2 Å². The van der Waals surface area contributed by atoms with Gasteiger partial charge in [-0.1, -0.05) is 12.1 Å². The Morgan fingerprint density at radius 2 is 2.10 bits per heavy atom. The summed E-state index contributed by atoms with van der Waals surface area (Å²) in [5.41, 5.74) is 0.670. The lowest BCUT2D eigenvalue weighted by atomic mass is 10.2. The van der Waals surface area contributed by atoms with Crippen LogP contribution in [0.25, 0.3) is 11.5 Å². The Morgan fingerprint density at radius 3 is 2.81 bits per heavy atom. The van der Waals surface area contributed by atoms with E-state index in [2.05, 4.69) is 14.9 Å². The van der Waals surface area contributed by atoms with E-state index in [1.807, 2.05) is 12.1 Å². The molecule has 1 fully saturated rings. The summed E-state index contributed by atoms with van der Waals surface area (Å²) in [4.78, 5) is 0. The third kappa shape index (κ3) is 3.06. The van der Waals surface area contributed by atoms with Gasteiger partial charge in [-0.3, -0.25) is 0 Å². The van der Waals surface area contributed by atoms with E-state index in [4.69, 9.17) is 9.15 Å². The van der Waals surface area contributed by atoms with Crippen LogP contribution in [0.2, 0.25) is 0 Å². The van der Waals surface area contributed by atoms with Crippen LogP contribution in [-0.2, 0) is 16.6 Å². The molecular formula is C13H15N3O4S. The number of sulfonamides is 1. The fourth-order valence-electron chi connectivity index (χ4n) is 1.91. The highest BCUT2D eigenvalue weighted by Gasteiger charge is 2.35. The number of hydrogen-bond donors (Lipinski definition) is 1. The van der Waals surface area contributed by atoms with Crippen LogP contribution in [0.3, 0.4) is 0 Å². The molecule has 0 amide bonds. The quantitative estimate of drug-likeness (QED) is 0.865. The van der Waals surface area contributed by atoms with Gasteiger partial charge in [0, 0.05) is 0 Å². The summed E-state index contributed by atoms with van der Waals surface area (Å²) in [6.07, 6.45) is 1.43. The molecule has 7 nitrogen and oxygen atoms in total. The van der Waals surface area contributed by atoms with E-state index in [-0.39, 0.29) is 17.7 Å². The second-order valence-electron chi connectivity index (χ2n) is 4.77. The van der Waals surface area contributed by atoms with E-state index in [0.29, 0.717) is 30.0 Å². The predicted molar refractivity (Wildman–Crippen MR) is 75.1 cm³/mol. The third-order valence-electron chi connectivity index (χ3n) is 3.19. The van der Waals surface area contributed by atoms with Gasteiger partial charge in [0.05, 0.1) is 24.5 Å². The van der Waals surface area contributed by atoms with Gasteiger partial charge in [-0.25, -0.2) is 13.1 Å². The van der Waals surface area contributed by atoms with E-state index >= 15 is 0 Å². The maximum absolute atomic E-state index is 11.7. The monoisotopic (exact) mass is 309 g/mol. The number of nitrogens with zero attached hydrogens (tertiary/aromatic N) is 2. The molecule has 0 saturated heterocycles. The Bertz CT molecular complexity index is 737. The molecular weight excluding hydrogens is 294 g/mol. The first kappa shape index (κ1) is 14.0. The molecule has 112 valence electrons. The zero-order valence-electron chi connectivity index (χ0n) is 11.4. The molecule has 1 saturated carbocycles. The number of hydrogen-bond acceptors (Lipinski definition) is 6. The van der Waals surface area contributed by atoms with Crippen LogP contribution in [0.15, 0.2) is 28.7 Å². The molecule has 0 bridgehead atoms. The highest BCUT2D eigenvalue weighted by atomic mass is 32.2. The fraction of sp³-hybridized carbons (Fsp3) is 0.385. The zero-order valence-corrected chi connectivity index (χ0v) is 12.3. The molecule has 1 aromatic carbocycles. The third-order valence-corrected chi connectivity index (χ3v) is 5.09. The summed E-state index contributed by atoms with van der Waals surface area (Å²) in [6.45, 7) is 0.000975. The lowest BCUT2D eigenvalue weighted by Gasteiger charge is -2.03. The molecule has 21 heavy (non-hydrogen) atoms.